The molecule has 2 rings (SSSR count). The minimum atomic E-state index is -1.76. The number of carbonyl (C=O) groups is 6. The van der Waals surface area contributed by atoms with Crippen LogP contribution < -0.4 is 37.5 Å². The molecule has 11 N–H and O–H groups in total. The van der Waals surface area contributed by atoms with Gasteiger partial charge in [-0.25, -0.2) is 4.79 Å². The number of aliphatic hydroxyl groups is 1. The number of nitrogens with one attached hydrogen (secondary N) is 4. The highest BCUT2D eigenvalue weighted by Crippen LogP contribution is 2.37. The number of nitrogens with two attached hydrogens (primary N) is 2. The van der Waals surface area contributed by atoms with Gasteiger partial charge in [0.2, 0.25) is 17.7 Å². The van der Waals surface area contributed by atoms with Crippen molar-refractivity contribution < 1.29 is 53.6 Å². The van der Waals surface area contributed by atoms with Crippen molar-refractivity contribution in [1.82, 2.24) is 26.3 Å². The number of aliphatic hydroxyl groups excluding tert-OH is 1. The number of nitrogens with zero attached hydrogens (tertiary/aromatic N) is 3. The minimum Gasteiger partial charge on any atom is -0.715 e. The van der Waals surface area contributed by atoms with Gasteiger partial charge in [0, 0.05) is 6.54 Å². The molecule has 0 bridgehead atoms. The quantitative estimate of drug-likeness (QED) is 0.0224. The van der Waals surface area contributed by atoms with E-state index in [0.29, 0.717) is 15.4 Å². The molecular weight excluding hydrogens is 678 g/mol. The van der Waals surface area contributed by atoms with Crippen LogP contribution in [0.1, 0.15) is 52.5 Å². The van der Waals surface area contributed by atoms with Crippen molar-refractivity contribution in [2.45, 2.75) is 76.2 Å². The molecule has 21 nitrogen and oxygen atoms in total. The van der Waals surface area contributed by atoms with Crippen LogP contribution in [0, 0.1) is 10.4 Å². The fraction of sp³-hybridized carbons (Fsp3) is 0.533. The van der Waals surface area contributed by atoms with Gasteiger partial charge in [-0.1, -0.05) is 0 Å². The van der Waals surface area contributed by atoms with Crippen LogP contribution in [0.25, 0.3) is 0 Å². The van der Waals surface area contributed by atoms with Crippen LogP contribution in [0.3, 0.4) is 0 Å². The zero-order chi connectivity index (χ0) is 38.7. The number of carbonyl (C=O) groups excluding carboxylic acids is 4. The van der Waals surface area contributed by atoms with Crippen LogP contribution in [0.15, 0.2) is 29.3 Å². The van der Waals surface area contributed by atoms with Crippen LogP contribution in [0.5, 0.6) is 5.75 Å². The Bertz CT molecular complexity index is 1520. The van der Waals surface area contributed by atoms with Gasteiger partial charge in [0.05, 0.1) is 25.1 Å². The molecule has 0 spiro atoms. The first-order valence-corrected chi connectivity index (χ1v) is 15.6. The van der Waals surface area contributed by atoms with Crippen molar-refractivity contribution in [1.29, 1.82) is 0 Å². The van der Waals surface area contributed by atoms with Gasteiger partial charge in [-0.15, -0.1) is 0 Å². The predicted molar refractivity (Wildman–Crippen MR) is 179 cm³/mol. The van der Waals surface area contributed by atoms with Gasteiger partial charge in [-0.3, -0.25) is 38.8 Å². The molecule has 4 amide bonds. The number of hydroxylamine groups is 3. The van der Waals surface area contributed by atoms with Crippen molar-refractivity contribution in [2.75, 3.05) is 26.3 Å². The number of ether oxygens (including phenoxy) is 1. The SMILES string of the molecule is CC1(C)N([O-])C(c2ccc(OCC(=O)N[C@@H](CCCN=C(N)N)C(=O)NCC(=O)N[C@@H](CC(=O)O)C(=O)N[C@@H](CO)C(=O)O)cc2)=[N+]([O-])C1(C)C. The Morgan fingerprint density at radius 3 is 2.06 bits per heavy atom. The summed E-state index contributed by atoms with van der Waals surface area (Å²) < 4.78 is 6.17. The molecular formula is C30H44N9O12-. The summed E-state index contributed by atoms with van der Waals surface area (Å²) in [5, 5.41) is 62.4. The molecule has 51 heavy (non-hydrogen) atoms. The lowest BCUT2D eigenvalue weighted by Gasteiger charge is -2.39. The Morgan fingerprint density at radius 1 is 0.941 bits per heavy atom. The monoisotopic (exact) mass is 722 g/mol. The fourth-order valence-electron chi connectivity index (χ4n) is 4.58. The number of aliphatic imine (C=N–C) groups is 1. The zero-order valence-electron chi connectivity index (χ0n) is 28.5. The molecule has 0 saturated carbocycles. The maximum atomic E-state index is 13.0. The highest BCUT2D eigenvalue weighted by atomic mass is 16.5. The maximum Gasteiger partial charge on any atom is 0.328 e. The van der Waals surface area contributed by atoms with E-state index in [2.05, 4.69) is 20.9 Å². The average Bonchev–Trinajstić information content (AvgIpc) is 3.17. The second-order valence-corrected chi connectivity index (χ2v) is 12.4. The lowest BCUT2D eigenvalue weighted by Crippen LogP contribution is -2.55. The van der Waals surface area contributed by atoms with E-state index in [-0.39, 0.29) is 36.9 Å². The second kappa shape index (κ2) is 17.8. The number of carboxylic acids is 2. The van der Waals surface area contributed by atoms with Crippen molar-refractivity contribution in [3.05, 3.63) is 40.2 Å². The minimum absolute atomic E-state index is 0.00481. The molecule has 1 aliphatic heterocycles. The van der Waals surface area contributed by atoms with Crippen molar-refractivity contribution in [3.63, 3.8) is 0 Å². The Balaban J connectivity index is 2.05. The first-order chi connectivity index (χ1) is 23.7. The summed E-state index contributed by atoms with van der Waals surface area (Å²) >= 11 is 0. The van der Waals surface area contributed by atoms with Gasteiger partial charge < -0.3 is 63.2 Å². The normalized spacial score (nSPS) is 16.2. The average molecular weight is 723 g/mol. The molecule has 0 aliphatic carbocycles. The van der Waals surface area contributed by atoms with E-state index in [1.54, 1.807) is 27.7 Å². The van der Waals surface area contributed by atoms with E-state index in [1.165, 1.54) is 24.3 Å². The molecule has 0 unspecified atom stereocenters. The molecule has 0 fully saturated rings. The Labute approximate surface area is 292 Å². The van der Waals surface area contributed by atoms with Crippen LogP contribution in [-0.4, -0.2) is 128 Å². The van der Waals surface area contributed by atoms with Gasteiger partial charge in [-0.05, 0) is 64.8 Å². The Hall–Kier alpha value is -5.70. The number of benzene rings is 1. The summed E-state index contributed by atoms with van der Waals surface area (Å²) in [6.07, 6.45) is -0.740. The molecule has 1 heterocycles. The Kier molecular flexibility index (Phi) is 14.5. The first kappa shape index (κ1) is 41.5. The number of aliphatic carboxylic acids is 2. The lowest BCUT2D eigenvalue weighted by molar-refractivity contribution is -0.539. The molecule has 1 aromatic rings. The maximum absolute atomic E-state index is 13.0. The van der Waals surface area contributed by atoms with Crippen LogP contribution in [0.2, 0.25) is 0 Å². The number of hydrogen-bond acceptors (Lipinski definition) is 12. The second-order valence-electron chi connectivity index (χ2n) is 12.4. The van der Waals surface area contributed by atoms with Gasteiger partial charge in [0.15, 0.2) is 12.6 Å². The summed E-state index contributed by atoms with van der Waals surface area (Å²) in [5.74, 6) is -7.01. The van der Waals surface area contributed by atoms with Crippen LogP contribution in [0.4, 0.5) is 0 Å². The van der Waals surface area contributed by atoms with Crippen LogP contribution in [-0.2, 0) is 28.8 Å². The number of amides is 4. The molecule has 282 valence electrons. The molecule has 0 aromatic heterocycles. The third kappa shape index (κ3) is 11.2. The molecule has 21 heteroatoms. The number of hydrogen-bond donors (Lipinski definition) is 9. The highest BCUT2D eigenvalue weighted by Gasteiger charge is 2.54. The summed E-state index contributed by atoms with van der Waals surface area (Å²) in [5.41, 5.74) is 8.95. The smallest absolute Gasteiger partial charge is 0.328 e. The van der Waals surface area contributed by atoms with E-state index in [0.717, 1.165) is 0 Å². The molecule has 0 radical (unpaired) electrons. The largest absolute Gasteiger partial charge is 0.715 e. The van der Waals surface area contributed by atoms with Gasteiger partial charge >= 0.3 is 11.9 Å². The van der Waals surface area contributed by atoms with E-state index in [1.807, 2.05) is 5.32 Å². The lowest BCUT2D eigenvalue weighted by atomic mass is 9.84. The number of rotatable bonds is 19. The van der Waals surface area contributed by atoms with E-state index >= 15 is 0 Å². The summed E-state index contributed by atoms with van der Waals surface area (Å²) in [6.45, 7) is 4.41. The van der Waals surface area contributed by atoms with E-state index < -0.39 is 91.0 Å². The van der Waals surface area contributed by atoms with Gasteiger partial charge in [0.25, 0.3) is 11.7 Å². The number of amidine groups is 1. The first-order valence-electron chi connectivity index (χ1n) is 15.6. The van der Waals surface area contributed by atoms with Gasteiger partial charge in [-0.2, -0.15) is 0 Å². The molecule has 0 saturated heterocycles. The Morgan fingerprint density at radius 2 is 1.55 bits per heavy atom. The third-order valence-electron chi connectivity index (χ3n) is 8.23. The summed E-state index contributed by atoms with van der Waals surface area (Å²) in [6, 6.07) is 1.14. The molecule has 1 aliphatic rings. The van der Waals surface area contributed by atoms with Crippen molar-refractivity contribution in [3.8, 4) is 5.75 Å². The highest BCUT2D eigenvalue weighted by molar-refractivity contribution is 5.97. The molecule has 3 atom stereocenters. The van der Waals surface area contributed by atoms with Gasteiger partial charge in [0.1, 0.15) is 35.0 Å². The molecule has 1 aromatic carbocycles. The zero-order valence-corrected chi connectivity index (χ0v) is 28.5. The third-order valence-corrected chi connectivity index (χ3v) is 8.23. The summed E-state index contributed by atoms with van der Waals surface area (Å²) in [4.78, 5) is 76.8. The fourth-order valence-corrected chi connectivity index (χ4v) is 4.58. The number of guanidine groups is 1. The van der Waals surface area contributed by atoms with Crippen molar-refractivity contribution in [2.24, 2.45) is 16.5 Å². The number of carboxylic acid groups (broad SMARTS) is 2. The van der Waals surface area contributed by atoms with E-state index in [4.69, 9.17) is 31.5 Å². The summed E-state index contributed by atoms with van der Waals surface area (Å²) in [7, 11) is 0. The predicted octanol–water partition coefficient (Wildman–Crippen LogP) is -3.13. The van der Waals surface area contributed by atoms with Crippen molar-refractivity contribution >= 4 is 47.4 Å². The standard InChI is InChI=1S/C30H44N9O12/c1-29(2)30(3,4)39(50)26(38(29)49)16-7-9-17(10-8-16)51-15-22(42)35-18(6-5-11-33-28(31)32)24(45)34-13-21(41)36-19(12-23(43)44)25(46)37-20(14-40)27(47)48/h7-10,18-20,40H,5-6,11-15H2,1-4H3,(H,34,45)(H,35,42)(H,36,41)(H,37,46)(H,43,44)(H,47,48)(H4,31,32,33)/q-1/t18-,19-,20-/m0/s1. The topological polar surface area (TPSA) is 337 Å². The van der Waals surface area contributed by atoms with E-state index in [9.17, 15) is 39.2 Å². The van der Waals surface area contributed by atoms with Crippen LogP contribution >= 0.6 is 0 Å².